The number of amides is 2. The highest BCUT2D eigenvalue weighted by Crippen LogP contribution is 2.41. The van der Waals surface area contributed by atoms with Crippen LogP contribution in [0.1, 0.15) is 31.2 Å². The Morgan fingerprint density at radius 2 is 2.14 bits per heavy atom. The fourth-order valence-electron chi connectivity index (χ4n) is 4.24. The first-order valence-electron chi connectivity index (χ1n) is 9.54. The van der Waals surface area contributed by atoms with Gasteiger partial charge in [-0.3, -0.25) is 4.79 Å². The zero-order chi connectivity index (χ0) is 19.7. The van der Waals surface area contributed by atoms with Crippen LogP contribution in [0, 0.1) is 23.2 Å². The standard InChI is InChI=1S/C20H22ClN3O4/c21-16-7-14(10-22)1-2-17(16)27-11-13-3-5-24(6-4-13)18(25)15-8-20(9-15)12-28-19(26)23-20/h1-2,7,13,15H,3-6,8-9,11-12H2,(H,23,26)/t15-,20+. The molecule has 7 nitrogen and oxygen atoms in total. The van der Waals surface area contributed by atoms with Crippen molar-refractivity contribution < 1.29 is 19.1 Å². The van der Waals surface area contributed by atoms with Crippen molar-refractivity contribution in [2.45, 2.75) is 31.2 Å². The van der Waals surface area contributed by atoms with Crippen LogP contribution in [0.25, 0.3) is 0 Å². The van der Waals surface area contributed by atoms with E-state index in [1.807, 2.05) is 11.0 Å². The van der Waals surface area contributed by atoms with Crippen LogP contribution in [0.2, 0.25) is 5.02 Å². The van der Waals surface area contributed by atoms with E-state index in [0.717, 1.165) is 25.9 Å². The Morgan fingerprint density at radius 1 is 1.39 bits per heavy atom. The second-order valence-electron chi connectivity index (χ2n) is 7.92. The van der Waals surface area contributed by atoms with Gasteiger partial charge in [-0.25, -0.2) is 4.79 Å². The van der Waals surface area contributed by atoms with Crippen LogP contribution in [0.15, 0.2) is 18.2 Å². The average Bonchev–Trinajstić information content (AvgIpc) is 3.08. The average molecular weight is 404 g/mol. The second kappa shape index (κ2) is 7.51. The molecule has 2 amide bonds. The number of ether oxygens (including phenoxy) is 2. The Morgan fingerprint density at radius 3 is 2.75 bits per heavy atom. The number of cyclic esters (lactones) is 1. The summed E-state index contributed by atoms with van der Waals surface area (Å²) in [5, 5.41) is 12.1. The number of hydrogen-bond donors (Lipinski definition) is 1. The summed E-state index contributed by atoms with van der Waals surface area (Å²) in [7, 11) is 0. The summed E-state index contributed by atoms with van der Waals surface area (Å²) >= 11 is 6.14. The maximum atomic E-state index is 12.7. The number of likely N-dealkylation sites (tertiary alicyclic amines) is 1. The van der Waals surface area contributed by atoms with Gasteiger partial charge in [0.05, 0.1) is 28.8 Å². The van der Waals surface area contributed by atoms with Crippen LogP contribution in [-0.4, -0.2) is 48.7 Å². The molecular formula is C20H22ClN3O4. The molecule has 0 radical (unpaired) electrons. The highest BCUT2D eigenvalue weighted by atomic mass is 35.5. The van der Waals surface area contributed by atoms with E-state index < -0.39 is 0 Å². The fraction of sp³-hybridized carbons (Fsp3) is 0.550. The van der Waals surface area contributed by atoms with Crippen molar-refractivity contribution in [3.8, 4) is 11.8 Å². The lowest BCUT2D eigenvalue weighted by Gasteiger charge is -2.44. The number of hydrogen-bond acceptors (Lipinski definition) is 5. The van der Waals surface area contributed by atoms with Crippen molar-refractivity contribution in [2.24, 2.45) is 11.8 Å². The number of rotatable bonds is 4. The molecule has 148 valence electrons. The molecule has 0 bridgehead atoms. The summed E-state index contributed by atoms with van der Waals surface area (Å²) in [5.74, 6) is 1.11. The SMILES string of the molecule is N#Cc1ccc(OCC2CCN(C(=O)[C@H]3C[C@]4(COC(=O)N4)C3)CC2)c(Cl)c1. The van der Waals surface area contributed by atoms with Gasteiger partial charge in [-0.15, -0.1) is 0 Å². The number of benzene rings is 1. The molecule has 2 aliphatic heterocycles. The van der Waals surface area contributed by atoms with E-state index in [1.54, 1.807) is 18.2 Å². The number of carbonyl (C=O) groups is 2. The molecule has 0 unspecified atom stereocenters. The first-order valence-corrected chi connectivity index (χ1v) is 9.92. The lowest BCUT2D eigenvalue weighted by molar-refractivity contribution is -0.142. The molecular weight excluding hydrogens is 382 g/mol. The molecule has 0 atom stereocenters. The van der Waals surface area contributed by atoms with Crippen molar-refractivity contribution in [3.05, 3.63) is 28.8 Å². The van der Waals surface area contributed by atoms with Crippen molar-refractivity contribution in [3.63, 3.8) is 0 Å². The number of nitrogens with zero attached hydrogens (tertiary/aromatic N) is 2. The van der Waals surface area contributed by atoms with Crippen molar-refractivity contribution in [2.75, 3.05) is 26.3 Å². The lowest BCUT2D eigenvalue weighted by atomic mass is 9.68. The Labute approximate surface area is 168 Å². The number of piperidine rings is 1. The molecule has 1 saturated carbocycles. The van der Waals surface area contributed by atoms with E-state index in [1.165, 1.54) is 0 Å². The Balaban J connectivity index is 1.21. The van der Waals surface area contributed by atoms with Gasteiger partial charge < -0.3 is 19.7 Å². The maximum Gasteiger partial charge on any atom is 0.407 e. The Hall–Kier alpha value is -2.46. The van der Waals surface area contributed by atoms with Gasteiger partial charge in [0.1, 0.15) is 12.4 Å². The Bertz CT molecular complexity index is 823. The van der Waals surface area contributed by atoms with E-state index >= 15 is 0 Å². The minimum Gasteiger partial charge on any atom is -0.492 e. The number of nitrogens with one attached hydrogen (secondary N) is 1. The number of carbonyl (C=O) groups excluding carboxylic acids is 2. The van der Waals surface area contributed by atoms with Gasteiger partial charge >= 0.3 is 6.09 Å². The van der Waals surface area contributed by atoms with Crippen LogP contribution in [0.5, 0.6) is 5.75 Å². The molecule has 3 aliphatic rings. The molecule has 2 heterocycles. The highest BCUT2D eigenvalue weighted by Gasteiger charge is 2.53. The van der Waals surface area contributed by atoms with Crippen molar-refractivity contribution in [1.29, 1.82) is 5.26 Å². The summed E-state index contributed by atoms with van der Waals surface area (Å²) in [5.41, 5.74) is 0.190. The second-order valence-corrected chi connectivity index (χ2v) is 8.33. The van der Waals surface area contributed by atoms with Crippen LogP contribution < -0.4 is 10.1 Å². The molecule has 0 aromatic heterocycles. The third-order valence-corrected chi connectivity index (χ3v) is 6.23. The molecule has 1 spiro atoms. The molecule has 1 aromatic rings. The minimum absolute atomic E-state index is 0.0211. The summed E-state index contributed by atoms with van der Waals surface area (Å²) in [6, 6.07) is 7.05. The predicted octanol–water partition coefficient (Wildman–Crippen LogP) is 2.72. The van der Waals surface area contributed by atoms with Gasteiger partial charge in [-0.2, -0.15) is 5.26 Å². The van der Waals surface area contributed by atoms with E-state index in [4.69, 9.17) is 26.3 Å². The van der Waals surface area contributed by atoms with Crippen LogP contribution in [0.3, 0.4) is 0 Å². The smallest absolute Gasteiger partial charge is 0.407 e. The molecule has 1 aliphatic carbocycles. The van der Waals surface area contributed by atoms with E-state index in [2.05, 4.69) is 5.32 Å². The largest absolute Gasteiger partial charge is 0.492 e. The number of alkyl carbamates (subject to hydrolysis) is 1. The third-order valence-electron chi connectivity index (χ3n) is 5.93. The summed E-state index contributed by atoms with van der Waals surface area (Å²) < 4.78 is 10.8. The van der Waals surface area contributed by atoms with Gasteiger partial charge in [0.15, 0.2) is 0 Å². The van der Waals surface area contributed by atoms with Gasteiger partial charge in [0.25, 0.3) is 0 Å². The molecule has 28 heavy (non-hydrogen) atoms. The van der Waals surface area contributed by atoms with Crippen molar-refractivity contribution >= 4 is 23.6 Å². The highest BCUT2D eigenvalue weighted by molar-refractivity contribution is 6.32. The number of nitriles is 1. The Kier molecular flexibility index (Phi) is 5.07. The van der Waals surface area contributed by atoms with Crippen molar-refractivity contribution in [1.82, 2.24) is 10.2 Å². The molecule has 3 fully saturated rings. The van der Waals surface area contributed by atoms with E-state index in [-0.39, 0.29) is 23.5 Å². The predicted molar refractivity (Wildman–Crippen MR) is 101 cm³/mol. The zero-order valence-electron chi connectivity index (χ0n) is 15.4. The zero-order valence-corrected chi connectivity index (χ0v) is 16.2. The first-order chi connectivity index (χ1) is 13.5. The van der Waals surface area contributed by atoms with E-state index in [0.29, 0.717) is 48.3 Å². The molecule has 4 rings (SSSR count). The normalized spacial score (nSPS) is 26.9. The minimum atomic E-state index is -0.380. The molecule has 1 aromatic carbocycles. The summed E-state index contributed by atoms with van der Waals surface area (Å²) in [6.45, 7) is 2.36. The van der Waals surface area contributed by atoms with Gasteiger partial charge in [0, 0.05) is 19.0 Å². The fourth-order valence-corrected chi connectivity index (χ4v) is 4.48. The maximum absolute atomic E-state index is 12.7. The monoisotopic (exact) mass is 403 g/mol. The van der Waals surface area contributed by atoms with Gasteiger partial charge in [-0.1, -0.05) is 11.6 Å². The van der Waals surface area contributed by atoms with Gasteiger partial charge in [-0.05, 0) is 49.8 Å². The summed E-state index contributed by atoms with van der Waals surface area (Å²) in [4.78, 5) is 25.8. The quantitative estimate of drug-likeness (QED) is 0.834. The molecule has 8 heteroatoms. The lowest BCUT2D eigenvalue weighted by Crippen LogP contribution is -2.58. The topological polar surface area (TPSA) is 91.7 Å². The van der Waals surface area contributed by atoms with Crippen LogP contribution in [-0.2, 0) is 9.53 Å². The van der Waals surface area contributed by atoms with Crippen LogP contribution >= 0.6 is 11.6 Å². The third kappa shape index (κ3) is 3.74. The number of halogens is 1. The summed E-state index contributed by atoms with van der Waals surface area (Å²) in [6.07, 6.45) is 2.72. The van der Waals surface area contributed by atoms with E-state index in [9.17, 15) is 9.59 Å². The molecule has 2 saturated heterocycles. The van der Waals surface area contributed by atoms with Gasteiger partial charge in [0.2, 0.25) is 5.91 Å². The first kappa shape index (κ1) is 18.9. The molecule has 1 N–H and O–H groups in total. The van der Waals surface area contributed by atoms with Crippen LogP contribution in [0.4, 0.5) is 4.79 Å².